The van der Waals surface area contributed by atoms with Crippen molar-refractivity contribution in [1.82, 2.24) is 14.9 Å². The molecule has 0 aliphatic carbocycles. The van der Waals surface area contributed by atoms with E-state index in [2.05, 4.69) is 10.3 Å². The number of halogens is 1. The molecule has 4 rings (SSSR count). The maximum atomic E-state index is 13.3. The second-order valence-corrected chi connectivity index (χ2v) is 8.13. The fraction of sp³-hybridized carbons (Fsp3) is 0.154. The van der Waals surface area contributed by atoms with Gasteiger partial charge in [-0.05, 0) is 35.9 Å². The summed E-state index contributed by atoms with van der Waals surface area (Å²) in [5.41, 5.74) is 1.09. The molecule has 4 aromatic rings. The zero-order valence-electron chi connectivity index (χ0n) is 19.1. The van der Waals surface area contributed by atoms with Gasteiger partial charge in [-0.3, -0.25) is 19.4 Å². The van der Waals surface area contributed by atoms with Crippen LogP contribution < -0.4 is 20.2 Å². The van der Waals surface area contributed by atoms with Gasteiger partial charge in [-0.25, -0.2) is 0 Å². The Morgan fingerprint density at radius 1 is 1.00 bits per heavy atom. The highest BCUT2D eigenvalue weighted by molar-refractivity contribution is 6.30. The maximum absolute atomic E-state index is 13.3. The average molecular weight is 492 g/mol. The van der Waals surface area contributed by atoms with Gasteiger partial charge < -0.3 is 19.4 Å². The number of pyridine rings is 2. The fourth-order valence-electron chi connectivity index (χ4n) is 3.68. The molecule has 0 unspecified atom stereocenters. The molecule has 178 valence electrons. The Bertz CT molecular complexity index is 1450. The third-order valence-corrected chi connectivity index (χ3v) is 5.74. The number of aromatic nitrogens is 2. The molecule has 2 aromatic carbocycles. The summed E-state index contributed by atoms with van der Waals surface area (Å²) in [5.74, 6) is -0.0429. The first-order valence-electron chi connectivity index (χ1n) is 10.7. The molecule has 8 nitrogen and oxygen atoms in total. The van der Waals surface area contributed by atoms with Crippen molar-refractivity contribution in [3.63, 3.8) is 0 Å². The molecule has 0 atom stereocenters. The summed E-state index contributed by atoms with van der Waals surface area (Å²) in [6, 6.07) is 13.3. The monoisotopic (exact) mass is 491 g/mol. The van der Waals surface area contributed by atoms with Gasteiger partial charge in [0.2, 0.25) is 11.3 Å². The number of carbonyl (C=O) groups is 2. The highest BCUT2D eigenvalue weighted by Gasteiger charge is 2.20. The van der Waals surface area contributed by atoms with Gasteiger partial charge in [-0.2, -0.15) is 0 Å². The normalized spacial score (nSPS) is 10.7. The van der Waals surface area contributed by atoms with Crippen LogP contribution in [0.5, 0.6) is 11.5 Å². The third-order valence-electron chi connectivity index (χ3n) is 5.49. The molecule has 2 heterocycles. The first kappa shape index (κ1) is 24.0. The molecular weight excluding hydrogens is 470 g/mol. The molecular formula is C26H22ClN3O5. The zero-order chi connectivity index (χ0) is 24.9. The van der Waals surface area contributed by atoms with Gasteiger partial charge in [0, 0.05) is 41.8 Å². The lowest BCUT2D eigenvalue weighted by atomic mass is 10.0. The van der Waals surface area contributed by atoms with Crippen LogP contribution in [-0.4, -0.2) is 35.5 Å². The van der Waals surface area contributed by atoms with Crippen LogP contribution >= 0.6 is 11.6 Å². The summed E-state index contributed by atoms with van der Waals surface area (Å²) in [4.78, 5) is 43.2. The third kappa shape index (κ3) is 5.17. The Kier molecular flexibility index (Phi) is 7.12. The lowest BCUT2D eigenvalue weighted by Gasteiger charge is -2.16. The smallest absolute Gasteiger partial charge is 0.240 e. The SMILES string of the molecule is COc1cc2c(=O)c(C(=O)c3ccncc3)cn(CC(=O)NCc3ccc(Cl)cc3)c2cc1OC. The van der Waals surface area contributed by atoms with E-state index in [4.69, 9.17) is 21.1 Å². The molecule has 35 heavy (non-hydrogen) atoms. The zero-order valence-corrected chi connectivity index (χ0v) is 19.8. The quantitative estimate of drug-likeness (QED) is 0.378. The number of amides is 1. The topological polar surface area (TPSA) is 99.5 Å². The van der Waals surface area contributed by atoms with E-state index in [1.54, 1.807) is 22.8 Å². The van der Waals surface area contributed by atoms with E-state index in [1.807, 2.05) is 12.1 Å². The van der Waals surface area contributed by atoms with E-state index in [0.29, 0.717) is 34.1 Å². The van der Waals surface area contributed by atoms with Crippen LogP contribution in [0.4, 0.5) is 0 Å². The van der Waals surface area contributed by atoms with Crippen molar-refractivity contribution in [2.24, 2.45) is 0 Å². The van der Waals surface area contributed by atoms with E-state index < -0.39 is 11.2 Å². The minimum Gasteiger partial charge on any atom is -0.493 e. The number of ketones is 1. The molecule has 0 radical (unpaired) electrons. The number of nitrogens with zero attached hydrogens (tertiary/aromatic N) is 2. The highest BCUT2D eigenvalue weighted by atomic mass is 35.5. The van der Waals surface area contributed by atoms with Gasteiger partial charge >= 0.3 is 0 Å². The molecule has 0 saturated carbocycles. The molecule has 0 bridgehead atoms. The summed E-state index contributed by atoms with van der Waals surface area (Å²) >= 11 is 5.91. The van der Waals surface area contributed by atoms with Crippen molar-refractivity contribution < 1.29 is 19.1 Å². The molecule has 9 heteroatoms. The summed E-state index contributed by atoms with van der Waals surface area (Å²) < 4.78 is 12.3. The number of fused-ring (bicyclic) bond motifs is 1. The lowest BCUT2D eigenvalue weighted by molar-refractivity contribution is -0.121. The fourth-order valence-corrected chi connectivity index (χ4v) is 3.81. The van der Waals surface area contributed by atoms with Gasteiger partial charge in [0.25, 0.3) is 0 Å². The van der Waals surface area contributed by atoms with Crippen LogP contribution in [0.2, 0.25) is 5.02 Å². The summed E-state index contributed by atoms with van der Waals surface area (Å²) in [5, 5.41) is 3.68. The Morgan fingerprint density at radius 3 is 2.31 bits per heavy atom. The first-order chi connectivity index (χ1) is 16.9. The number of hydrogen-bond acceptors (Lipinski definition) is 6. The number of methoxy groups -OCH3 is 2. The van der Waals surface area contributed by atoms with Crippen LogP contribution in [0.15, 0.2) is 71.9 Å². The lowest BCUT2D eigenvalue weighted by Crippen LogP contribution is -2.29. The molecule has 2 aromatic heterocycles. The number of ether oxygens (including phenoxy) is 2. The van der Waals surface area contributed by atoms with Crippen molar-refractivity contribution in [3.05, 3.63) is 99.1 Å². The number of nitrogens with one attached hydrogen (secondary N) is 1. The second kappa shape index (κ2) is 10.4. The predicted octanol–water partition coefficient (Wildman–Crippen LogP) is 3.61. The van der Waals surface area contributed by atoms with Crippen molar-refractivity contribution in [1.29, 1.82) is 0 Å². The molecule has 0 saturated heterocycles. The standard InChI is InChI=1S/C26H22ClN3O5/c1-34-22-11-19-21(12-23(22)35-2)30(15-24(31)29-13-16-3-5-18(27)6-4-16)14-20(26(19)33)25(32)17-7-9-28-10-8-17/h3-12,14H,13,15H2,1-2H3,(H,29,31). The largest absolute Gasteiger partial charge is 0.493 e. The van der Waals surface area contributed by atoms with E-state index in [1.165, 1.54) is 51.0 Å². The summed E-state index contributed by atoms with van der Waals surface area (Å²) in [6.45, 7) is 0.171. The Balaban J connectivity index is 1.75. The summed E-state index contributed by atoms with van der Waals surface area (Å²) in [6.07, 6.45) is 4.36. The van der Waals surface area contributed by atoms with Crippen LogP contribution in [0.3, 0.4) is 0 Å². The predicted molar refractivity (Wildman–Crippen MR) is 132 cm³/mol. The van der Waals surface area contributed by atoms with E-state index in [9.17, 15) is 14.4 Å². The van der Waals surface area contributed by atoms with Crippen LogP contribution in [-0.2, 0) is 17.9 Å². The van der Waals surface area contributed by atoms with E-state index in [0.717, 1.165) is 5.56 Å². The second-order valence-electron chi connectivity index (χ2n) is 7.69. The van der Waals surface area contributed by atoms with E-state index in [-0.39, 0.29) is 23.4 Å². The molecule has 0 spiro atoms. The van der Waals surface area contributed by atoms with Gasteiger partial charge in [-0.15, -0.1) is 0 Å². The van der Waals surface area contributed by atoms with Crippen LogP contribution in [0.25, 0.3) is 10.9 Å². The number of rotatable bonds is 8. The molecule has 0 aliphatic heterocycles. The van der Waals surface area contributed by atoms with Gasteiger partial charge in [0.05, 0.1) is 30.7 Å². The van der Waals surface area contributed by atoms with Crippen LogP contribution in [0, 0.1) is 0 Å². The van der Waals surface area contributed by atoms with Crippen molar-refractivity contribution >= 4 is 34.2 Å². The Morgan fingerprint density at radius 2 is 1.66 bits per heavy atom. The number of carbonyl (C=O) groups excluding carboxylic acids is 2. The number of hydrogen-bond donors (Lipinski definition) is 1. The molecule has 1 N–H and O–H groups in total. The first-order valence-corrected chi connectivity index (χ1v) is 11.0. The van der Waals surface area contributed by atoms with Crippen molar-refractivity contribution in [2.45, 2.75) is 13.1 Å². The van der Waals surface area contributed by atoms with Crippen molar-refractivity contribution in [3.8, 4) is 11.5 Å². The Labute approximate surface area is 206 Å². The Hall–Kier alpha value is -4.17. The van der Waals surface area contributed by atoms with Gasteiger partial charge in [0.15, 0.2) is 17.3 Å². The summed E-state index contributed by atoms with van der Waals surface area (Å²) in [7, 11) is 2.94. The van der Waals surface area contributed by atoms with E-state index >= 15 is 0 Å². The molecule has 1 amide bonds. The number of benzene rings is 2. The highest BCUT2D eigenvalue weighted by Crippen LogP contribution is 2.31. The minimum atomic E-state index is -0.472. The average Bonchev–Trinajstić information content (AvgIpc) is 2.89. The minimum absolute atomic E-state index is 0.0681. The van der Waals surface area contributed by atoms with Gasteiger partial charge in [0.1, 0.15) is 6.54 Å². The van der Waals surface area contributed by atoms with Crippen LogP contribution in [0.1, 0.15) is 21.5 Å². The van der Waals surface area contributed by atoms with Crippen molar-refractivity contribution in [2.75, 3.05) is 14.2 Å². The molecule has 0 fully saturated rings. The van der Waals surface area contributed by atoms with Gasteiger partial charge in [-0.1, -0.05) is 23.7 Å². The molecule has 0 aliphatic rings. The maximum Gasteiger partial charge on any atom is 0.240 e.